The van der Waals surface area contributed by atoms with Crippen LogP contribution in [0.5, 0.6) is 0 Å². The molecule has 0 saturated carbocycles. The van der Waals surface area contributed by atoms with Crippen molar-refractivity contribution < 1.29 is 4.79 Å². The Morgan fingerprint density at radius 2 is 1.47 bits per heavy atom. The third-order valence-corrected chi connectivity index (χ3v) is 5.04. The maximum absolute atomic E-state index is 13.4. The van der Waals surface area contributed by atoms with Crippen LogP contribution in [0.3, 0.4) is 0 Å². The zero-order chi connectivity index (χ0) is 20.8. The van der Waals surface area contributed by atoms with Gasteiger partial charge in [-0.2, -0.15) is 5.10 Å². The number of amides is 1. The Morgan fingerprint density at radius 3 is 2.10 bits per heavy atom. The van der Waals surface area contributed by atoms with Crippen molar-refractivity contribution in [1.29, 1.82) is 0 Å². The zero-order valence-electron chi connectivity index (χ0n) is 17.1. The maximum Gasteiger partial charge on any atom is 0.255 e. The molecule has 0 aliphatic heterocycles. The van der Waals surface area contributed by atoms with Crippen molar-refractivity contribution in [1.82, 2.24) is 15.1 Å². The van der Waals surface area contributed by atoms with E-state index >= 15 is 0 Å². The molecule has 3 aromatic carbocycles. The van der Waals surface area contributed by atoms with Gasteiger partial charge in [-0.15, -0.1) is 0 Å². The number of nitrogens with one attached hydrogen (secondary N) is 1. The summed E-state index contributed by atoms with van der Waals surface area (Å²) < 4.78 is 1.92. The van der Waals surface area contributed by atoms with Crippen molar-refractivity contribution >= 4 is 5.91 Å². The lowest BCUT2D eigenvalue weighted by molar-refractivity contribution is 0.0950. The van der Waals surface area contributed by atoms with E-state index in [1.807, 2.05) is 95.7 Å². The van der Waals surface area contributed by atoms with Gasteiger partial charge in [-0.05, 0) is 24.1 Å². The van der Waals surface area contributed by atoms with Gasteiger partial charge in [0.25, 0.3) is 5.91 Å². The Balaban J connectivity index is 1.79. The molecule has 4 heteroatoms. The molecule has 4 nitrogen and oxygen atoms in total. The number of carbonyl (C=O) groups is 1. The second kappa shape index (κ2) is 9.23. The van der Waals surface area contributed by atoms with Crippen LogP contribution in [-0.2, 0) is 13.0 Å². The van der Waals surface area contributed by atoms with Crippen LogP contribution in [0.2, 0.25) is 0 Å². The molecule has 0 unspecified atom stereocenters. The molecule has 1 heterocycles. The number of carbonyl (C=O) groups excluding carboxylic acids is 1. The highest BCUT2D eigenvalue weighted by atomic mass is 16.1. The van der Waals surface area contributed by atoms with E-state index in [1.165, 1.54) is 0 Å². The molecule has 0 radical (unpaired) electrons. The van der Waals surface area contributed by atoms with Gasteiger partial charge in [-0.1, -0.05) is 92.2 Å². The first-order chi connectivity index (χ1) is 14.8. The van der Waals surface area contributed by atoms with E-state index in [0.29, 0.717) is 17.8 Å². The lowest BCUT2D eigenvalue weighted by Gasteiger charge is -2.10. The first kappa shape index (κ1) is 19.6. The van der Waals surface area contributed by atoms with Gasteiger partial charge in [-0.25, -0.2) is 4.68 Å². The molecule has 0 atom stereocenters. The Hall–Kier alpha value is -3.66. The highest BCUT2D eigenvalue weighted by Crippen LogP contribution is 2.28. The van der Waals surface area contributed by atoms with Crippen molar-refractivity contribution in [3.8, 4) is 16.9 Å². The summed E-state index contributed by atoms with van der Waals surface area (Å²) in [5.41, 5.74) is 5.28. The van der Waals surface area contributed by atoms with Crippen LogP contribution in [0.15, 0.2) is 91.0 Å². The van der Waals surface area contributed by atoms with Gasteiger partial charge in [0, 0.05) is 12.1 Å². The first-order valence-corrected chi connectivity index (χ1v) is 10.3. The number of nitrogens with zero attached hydrogens (tertiary/aromatic N) is 2. The van der Waals surface area contributed by atoms with Crippen molar-refractivity contribution in [2.24, 2.45) is 0 Å². The van der Waals surface area contributed by atoms with E-state index in [-0.39, 0.29) is 5.91 Å². The van der Waals surface area contributed by atoms with Crippen LogP contribution in [0, 0.1) is 0 Å². The first-order valence-electron chi connectivity index (χ1n) is 10.3. The molecule has 30 heavy (non-hydrogen) atoms. The quantitative estimate of drug-likeness (QED) is 0.454. The van der Waals surface area contributed by atoms with E-state index in [0.717, 1.165) is 35.3 Å². The number of hydrogen-bond acceptors (Lipinski definition) is 2. The Labute approximate surface area is 177 Å². The van der Waals surface area contributed by atoms with Gasteiger partial charge in [0.15, 0.2) is 0 Å². The van der Waals surface area contributed by atoms with Gasteiger partial charge < -0.3 is 5.32 Å². The molecule has 0 saturated heterocycles. The van der Waals surface area contributed by atoms with Gasteiger partial charge in [0.05, 0.1) is 16.9 Å². The Morgan fingerprint density at radius 1 is 0.867 bits per heavy atom. The summed E-state index contributed by atoms with van der Waals surface area (Å²) in [7, 11) is 0. The second-order valence-corrected chi connectivity index (χ2v) is 7.20. The molecule has 0 aliphatic rings. The molecule has 1 amide bonds. The fourth-order valence-corrected chi connectivity index (χ4v) is 3.61. The van der Waals surface area contributed by atoms with Gasteiger partial charge >= 0.3 is 0 Å². The zero-order valence-corrected chi connectivity index (χ0v) is 17.1. The maximum atomic E-state index is 13.4. The summed E-state index contributed by atoms with van der Waals surface area (Å²) in [4.78, 5) is 13.4. The molecule has 0 bridgehead atoms. The van der Waals surface area contributed by atoms with E-state index in [1.54, 1.807) is 0 Å². The molecule has 150 valence electrons. The van der Waals surface area contributed by atoms with Crippen LogP contribution in [-0.4, -0.2) is 15.7 Å². The van der Waals surface area contributed by atoms with Crippen LogP contribution in [0.25, 0.3) is 16.9 Å². The number of hydrogen-bond donors (Lipinski definition) is 1. The third kappa shape index (κ3) is 4.18. The summed E-state index contributed by atoms with van der Waals surface area (Å²) in [5, 5.41) is 8.00. The van der Waals surface area contributed by atoms with E-state index in [9.17, 15) is 4.79 Å². The van der Waals surface area contributed by atoms with Crippen molar-refractivity contribution in [3.05, 3.63) is 108 Å². The minimum absolute atomic E-state index is 0.0941. The smallest absolute Gasteiger partial charge is 0.255 e. The summed E-state index contributed by atoms with van der Waals surface area (Å²) in [6, 6.07) is 29.9. The highest BCUT2D eigenvalue weighted by molar-refractivity contribution is 6.01. The van der Waals surface area contributed by atoms with Gasteiger partial charge in [0.1, 0.15) is 5.69 Å². The van der Waals surface area contributed by atoms with E-state index in [2.05, 4.69) is 12.2 Å². The van der Waals surface area contributed by atoms with Gasteiger partial charge in [-0.3, -0.25) is 4.79 Å². The van der Waals surface area contributed by atoms with E-state index in [4.69, 9.17) is 5.10 Å². The third-order valence-electron chi connectivity index (χ3n) is 5.04. The fraction of sp³-hybridized carbons (Fsp3) is 0.154. The molecule has 0 fully saturated rings. The lowest BCUT2D eigenvalue weighted by atomic mass is 10.0. The minimum atomic E-state index is -0.0941. The minimum Gasteiger partial charge on any atom is -0.348 e. The fourth-order valence-electron chi connectivity index (χ4n) is 3.61. The second-order valence-electron chi connectivity index (χ2n) is 7.20. The topological polar surface area (TPSA) is 46.9 Å². The molecule has 4 aromatic rings. The molecule has 0 spiro atoms. The molecule has 4 rings (SSSR count). The summed E-state index contributed by atoms with van der Waals surface area (Å²) in [6.45, 7) is 2.60. The van der Waals surface area contributed by atoms with Crippen molar-refractivity contribution in [2.45, 2.75) is 26.3 Å². The lowest BCUT2D eigenvalue weighted by Crippen LogP contribution is -2.24. The number of aromatic nitrogens is 2. The largest absolute Gasteiger partial charge is 0.348 e. The molecule has 1 aromatic heterocycles. The normalized spacial score (nSPS) is 10.7. The van der Waals surface area contributed by atoms with Crippen LogP contribution in [0.1, 0.15) is 35.0 Å². The molecule has 1 N–H and O–H groups in total. The van der Waals surface area contributed by atoms with Crippen LogP contribution in [0.4, 0.5) is 0 Å². The summed E-state index contributed by atoms with van der Waals surface area (Å²) in [6.07, 6.45) is 1.69. The number of benzene rings is 3. The average molecular weight is 396 g/mol. The van der Waals surface area contributed by atoms with Crippen molar-refractivity contribution in [3.63, 3.8) is 0 Å². The predicted octanol–water partition coefficient (Wildman–Crippen LogP) is 5.42. The van der Waals surface area contributed by atoms with Crippen molar-refractivity contribution in [2.75, 3.05) is 0 Å². The highest BCUT2D eigenvalue weighted by Gasteiger charge is 2.24. The SMILES string of the molecule is CCCc1c(C(=O)NCc2ccccc2)c(-c2ccccc2)nn1-c1ccccc1. The average Bonchev–Trinajstić information content (AvgIpc) is 3.19. The summed E-state index contributed by atoms with van der Waals surface area (Å²) >= 11 is 0. The molecular weight excluding hydrogens is 370 g/mol. The standard InChI is InChI=1S/C26H25N3O/c1-2-12-23-24(26(30)27-19-20-13-6-3-7-14-20)25(21-15-8-4-9-16-21)28-29(23)22-17-10-5-11-18-22/h3-11,13-18H,2,12,19H2,1H3,(H,27,30). The number of rotatable bonds is 7. The predicted molar refractivity (Wildman–Crippen MR) is 121 cm³/mol. The summed E-state index contributed by atoms with van der Waals surface area (Å²) in [5.74, 6) is -0.0941. The van der Waals surface area contributed by atoms with Crippen LogP contribution >= 0.6 is 0 Å². The number of para-hydroxylation sites is 1. The molecular formula is C26H25N3O. The Kier molecular flexibility index (Phi) is 6.04. The Bertz CT molecular complexity index is 1100. The van der Waals surface area contributed by atoms with Gasteiger partial charge in [0.2, 0.25) is 0 Å². The molecule has 0 aliphatic carbocycles. The van der Waals surface area contributed by atoms with Crippen LogP contribution < -0.4 is 5.32 Å². The monoisotopic (exact) mass is 395 g/mol. The van der Waals surface area contributed by atoms with E-state index < -0.39 is 0 Å².